The molecular formula is C21H24N4O10S. The molecule has 14 nitrogen and oxygen atoms in total. The average Bonchev–Trinajstić information content (AvgIpc) is 2.80. The number of hydrogen-bond donors (Lipinski definition) is 5. The van der Waals surface area contributed by atoms with E-state index in [1.165, 1.54) is 31.2 Å². The van der Waals surface area contributed by atoms with Crippen molar-refractivity contribution in [1.82, 2.24) is 5.32 Å². The number of nitro benzene ring substituents is 1. The number of nitrogens with one attached hydrogen (secondary N) is 2. The molecule has 2 aromatic carbocycles. The predicted octanol–water partition coefficient (Wildman–Crippen LogP) is 0.448. The van der Waals surface area contributed by atoms with Gasteiger partial charge in [0.05, 0.1) is 16.4 Å². The molecule has 0 aromatic heterocycles. The molecule has 36 heavy (non-hydrogen) atoms. The molecule has 0 saturated carbocycles. The van der Waals surface area contributed by atoms with Crippen LogP contribution >= 0.6 is 0 Å². The quantitative estimate of drug-likeness (QED) is 0.155. The zero-order valence-corrected chi connectivity index (χ0v) is 19.7. The van der Waals surface area contributed by atoms with Gasteiger partial charge in [0, 0.05) is 24.6 Å². The molecule has 0 radical (unpaired) electrons. The highest BCUT2D eigenvalue weighted by Crippen LogP contribution is 2.30. The van der Waals surface area contributed by atoms with Crippen molar-refractivity contribution in [2.75, 3.05) is 11.9 Å². The molecule has 15 heteroatoms. The number of carbonyl (C=O) groups excluding carboxylic acids is 3. The van der Waals surface area contributed by atoms with Crippen molar-refractivity contribution in [3.63, 3.8) is 0 Å². The molecule has 0 bridgehead atoms. The van der Waals surface area contributed by atoms with E-state index in [0.717, 1.165) is 18.2 Å². The Morgan fingerprint density at radius 2 is 1.72 bits per heavy atom. The highest BCUT2D eigenvalue weighted by atomic mass is 32.2. The molecule has 0 spiro atoms. The third kappa shape index (κ3) is 7.72. The zero-order valence-electron chi connectivity index (χ0n) is 18.9. The minimum Gasteiger partial charge on any atom is -0.502 e. The maximum atomic E-state index is 12.4. The van der Waals surface area contributed by atoms with Gasteiger partial charge in [0.1, 0.15) is 6.10 Å². The third-order valence-electron chi connectivity index (χ3n) is 4.76. The fourth-order valence-electron chi connectivity index (χ4n) is 2.99. The van der Waals surface area contributed by atoms with Crippen LogP contribution in [-0.2, 0) is 29.1 Å². The van der Waals surface area contributed by atoms with Gasteiger partial charge in [-0.2, -0.15) is 0 Å². The van der Waals surface area contributed by atoms with E-state index in [1.54, 1.807) is 0 Å². The van der Waals surface area contributed by atoms with Crippen LogP contribution in [0.1, 0.15) is 31.4 Å². The lowest BCUT2D eigenvalue weighted by atomic mass is 10.0. The highest BCUT2D eigenvalue weighted by molar-refractivity contribution is 7.89. The maximum Gasteiger partial charge on any atom is 0.331 e. The number of nitro groups is 1. The normalized spacial score (nSPS) is 12.8. The lowest BCUT2D eigenvalue weighted by Gasteiger charge is -2.23. The molecule has 0 heterocycles. The second-order valence-electron chi connectivity index (χ2n) is 7.36. The molecule has 6 N–H and O–H groups in total. The number of benzene rings is 2. The van der Waals surface area contributed by atoms with Crippen LogP contribution in [-0.4, -0.2) is 54.0 Å². The summed E-state index contributed by atoms with van der Waals surface area (Å²) in [5.74, 6) is -3.08. The summed E-state index contributed by atoms with van der Waals surface area (Å²) >= 11 is 0. The summed E-state index contributed by atoms with van der Waals surface area (Å²) in [6.07, 6.45) is -2.50. The monoisotopic (exact) mass is 524 g/mol. The average molecular weight is 525 g/mol. The first-order valence-corrected chi connectivity index (χ1v) is 11.9. The first-order valence-electron chi connectivity index (χ1n) is 10.4. The van der Waals surface area contributed by atoms with E-state index in [1.807, 2.05) is 0 Å². The summed E-state index contributed by atoms with van der Waals surface area (Å²) in [6.45, 7) is 1.41. The third-order valence-corrected chi connectivity index (χ3v) is 5.69. The number of hydrogen-bond acceptors (Lipinski definition) is 10. The van der Waals surface area contributed by atoms with Crippen LogP contribution < -0.4 is 15.8 Å². The van der Waals surface area contributed by atoms with Crippen LogP contribution in [0, 0.1) is 10.1 Å². The Bertz CT molecular complexity index is 1250. The van der Waals surface area contributed by atoms with Crippen molar-refractivity contribution in [3.8, 4) is 5.75 Å². The molecule has 0 aliphatic rings. The Morgan fingerprint density at radius 3 is 2.28 bits per heavy atom. The van der Waals surface area contributed by atoms with E-state index in [-0.39, 0.29) is 29.2 Å². The van der Waals surface area contributed by atoms with Crippen molar-refractivity contribution < 1.29 is 42.7 Å². The highest BCUT2D eigenvalue weighted by Gasteiger charge is 2.32. The molecule has 2 atom stereocenters. The number of nitrogens with two attached hydrogens (primary N) is 1. The lowest BCUT2D eigenvalue weighted by Crippen LogP contribution is -2.46. The summed E-state index contributed by atoms with van der Waals surface area (Å²) in [5.41, 5.74) is -0.602. The second-order valence-corrected chi connectivity index (χ2v) is 8.93. The zero-order chi connectivity index (χ0) is 27.0. The van der Waals surface area contributed by atoms with E-state index < -0.39 is 62.7 Å². The van der Waals surface area contributed by atoms with Gasteiger partial charge < -0.3 is 25.6 Å². The Balaban J connectivity index is 2.05. The van der Waals surface area contributed by atoms with Gasteiger partial charge in [0.15, 0.2) is 11.8 Å². The molecule has 2 rings (SSSR count). The number of aliphatic hydroxyl groups is 1. The maximum absolute atomic E-state index is 12.4. The largest absolute Gasteiger partial charge is 0.502 e. The van der Waals surface area contributed by atoms with Crippen molar-refractivity contribution in [1.29, 1.82) is 0 Å². The van der Waals surface area contributed by atoms with E-state index in [4.69, 9.17) is 9.88 Å². The fourth-order valence-corrected chi connectivity index (χ4v) is 3.50. The standard InChI is InChI=1S/C21H24N4O10S/c1-2-35-21(30)19(20(29)12-3-8-16(26)15(11-12)25(31)32)24-18(28)10-9-17(27)23-13-4-6-14(7-5-13)36(22,33)34/h3-8,11,19-20,26,29H,2,9-10H2,1H3,(H,23,27)(H,24,28)(H2,22,33,34)/t19-,20+/m1/s1. The SMILES string of the molecule is CCOC(=O)[C@H](NC(=O)CCC(=O)Nc1ccc(S(N)(=O)=O)cc1)[C@@H](O)c1ccc(O)c([N+](=O)[O-])c1. The van der Waals surface area contributed by atoms with Gasteiger partial charge in [-0.15, -0.1) is 0 Å². The number of sulfonamides is 1. The summed E-state index contributed by atoms with van der Waals surface area (Å²) in [4.78, 5) is 46.9. The first kappa shape index (κ1) is 28.2. The van der Waals surface area contributed by atoms with Crippen LogP contribution in [0.4, 0.5) is 11.4 Å². The Hall–Kier alpha value is -4.08. The van der Waals surface area contributed by atoms with Crippen LogP contribution in [0.25, 0.3) is 0 Å². The predicted molar refractivity (Wildman–Crippen MR) is 124 cm³/mol. The van der Waals surface area contributed by atoms with Gasteiger partial charge >= 0.3 is 11.7 Å². The number of nitrogens with zero attached hydrogens (tertiary/aromatic N) is 1. The summed E-state index contributed by atoms with van der Waals surface area (Å²) < 4.78 is 27.4. The van der Waals surface area contributed by atoms with E-state index in [0.29, 0.717) is 0 Å². The molecular weight excluding hydrogens is 500 g/mol. The number of aromatic hydroxyl groups is 1. The van der Waals surface area contributed by atoms with Gasteiger partial charge in [0.25, 0.3) is 0 Å². The van der Waals surface area contributed by atoms with Gasteiger partial charge in [-0.05, 0) is 42.8 Å². The van der Waals surface area contributed by atoms with Crippen LogP contribution in [0.3, 0.4) is 0 Å². The van der Waals surface area contributed by atoms with Gasteiger partial charge in [-0.3, -0.25) is 19.7 Å². The number of amides is 2. The number of ether oxygens (including phenoxy) is 1. The molecule has 0 aliphatic carbocycles. The van der Waals surface area contributed by atoms with Crippen LogP contribution in [0.5, 0.6) is 5.75 Å². The minimum absolute atomic E-state index is 0.0830. The molecule has 0 saturated heterocycles. The molecule has 2 amide bonds. The smallest absolute Gasteiger partial charge is 0.331 e. The molecule has 0 aliphatic heterocycles. The number of anilines is 1. The van der Waals surface area contributed by atoms with Crippen molar-refractivity contribution >= 4 is 39.2 Å². The van der Waals surface area contributed by atoms with E-state index in [2.05, 4.69) is 10.6 Å². The minimum atomic E-state index is -3.90. The number of aliphatic hydroxyl groups excluding tert-OH is 1. The lowest BCUT2D eigenvalue weighted by molar-refractivity contribution is -0.386. The molecule has 2 aromatic rings. The first-order chi connectivity index (χ1) is 16.8. The van der Waals surface area contributed by atoms with E-state index in [9.17, 15) is 43.1 Å². The topological polar surface area (TPSA) is 228 Å². The summed E-state index contributed by atoms with van der Waals surface area (Å²) in [7, 11) is -3.90. The van der Waals surface area contributed by atoms with Crippen molar-refractivity contribution in [2.45, 2.75) is 36.8 Å². The Labute approximate surface area is 205 Å². The van der Waals surface area contributed by atoms with Crippen LogP contribution in [0.15, 0.2) is 47.4 Å². The number of phenols is 1. The molecule has 0 unspecified atom stereocenters. The number of carbonyl (C=O) groups is 3. The number of primary sulfonamides is 1. The fraction of sp³-hybridized carbons (Fsp3) is 0.286. The summed E-state index contributed by atoms with van der Waals surface area (Å²) in [5, 5.41) is 41.0. The number of rotatable bonds is 11. The Kier molecular flexibility index (Phi) is 9.43. The van der Waals surface area contributed by atoms with Gasteiger partial charge in [-0.1, -0.05) is 6.07 Å². The van der Waals surface area contributed by atoms with E-state index >= 15 is 0 Å². The van der Waals surface area contributed by atoms with Gasteiger partial charge in [0.2, 0.25) is 21.8 Å². The Morgan fingerprint density at radius 1 is 1.11 bits per heavy atom. The molecule has 0 fully saturated rings. The second kappa shape index (κ2) is 12.1. The summed E-state index contributed by atoms with van der Waals surface area (Å²) in [6, 6.07) is 6.29. The van der Waals surface area contributed by atoms with Crippen molar-refractivity contribution in [3.05, 3.63) is 58.1 Å². The number of phenolic OH excluding ortho intramolecular Hbond substituents is 1. The van der Waals surface area contributed by atoms with Crippen LogP contribution in [0.2, 0.25) is 0 Å². The number of esters is 1. The molecule has 194 valence electrons. The van der Waals surface area contributed by atoms with Crippen molar-refractivity contribution in [2.24, 2.45) is 5.14 Å². The van der Waals surface area contributed by atoms with Gasteiger partial charge in [-0.25, -0.2) is 18.4 Å².